The van der Waals surface area contributed by atoms with Crippen LogP contribution < -0.4 is 5.26 Å². The molecule has 12 heteroatoms. The second-order valence-corrected chi connectivity index (χ2v) is 8.31. The number of ether oxygens (including phenoxy) is 1. The van der Waals surface area contributed by atoms with Gasteiger partial charge < -0.3 is 9.99 Å². The molecule has 1 atom stereocenters. The van der Waals surface area contributed by atoms with Gasteiger partial charge in [0.1, 0.15) is 15.4 Å². The molecule has 0 aliphatic carbocycles. The van der Waals surface area contributed by atoms with E-state index in [4.69, 9.17) is 8.92 Å². The molecule has 0 aliphatic rings. The lowest BCUT2D eigenvalue weighted by molar-refractivity contribution is -0.777. The van der Waals surface area contributed by atoms with Crippen LogP contribution in [0.15, 0.2) is 9.79 Å². The molecule has 1 unspecified atom stereocenters. The van der Waals surface area contributed by atoms with E-state index in [1.807, 2.05) is 6.92 Å². The summed E-state index contributed by atoms with van der Waals surface area (Å²) < 4.78 is 70.4. The van der Waals surface area contributed by atoms with E-state index in [1.54, 1.807) is 20.8 Å². The van der Waals surface area contributed by atoms with Gasteiger partial charge in [0.25, 0.3) is 0 Å². The first-order valence-corrected chi connectivity index (χ1v) is 10.1. The lowest BCUT2D eigenvalue weighted by Gasteiger charge is -2.23. The van der Waals surface area contributed by atoms with Crippen molar-refractivity contribution in [3.63, 3.8) is 0 Å². The Hall–Kier alpha value is -1.05. The van der Waals surface area contributed by atoms with Crippen LogP contribution in [-0.2, 0) is 23.1 Å². The molecule has 0 bridgehead atoms. The highest BCUT2D eigenvalue weighted by atomic mass is 32.2. The van der Waals surface area contributed by atoms with E-state index in [9.17, 15) is 27.6 Å². The lowest BCUT2D eigenvalue weighted by Crippen LogP contribution is -2.32. The number of benzene rings is 1. The van der Waals surface area contributed by atoms with Crippen molar-refractivity contribution in [2.75, 3.05) is 0 Å². The van der Waals surface area contributed by atoms with Gasteiger partial charge in [-0.25, -0.2) is 22.4 Å². The largest absolute Gasteiger partial charge is 0.691 e. The van der Waals surface area contributed by atoms with E-state index in [2.05, 4.69) is 9.37 Å². The number of carbonyl (C=O) groups is 1. The molecule has 1 rings (SSSR count). The summed E-state index contributed by atoms with van der Waals surface area (Å²) in [6, 6.07) is 0. The minimum Gasteiger partial charge on any atom is -0.691 e. The Labute approximate surface area is 174 Å². The van der Waals surface area contributed by atoms with Gasteiger partial charge in [-0.1, -0.05) is 26.2 Å². The SMILES string of the molecule is CCCCCC(OSc1c(F)c(F)c(SOO[O-])c(F)c1F)C(=O)OC(C)(C)C. The number of carbonyl (C=O) groups excluding carboxylic acids is 1. The Kier molecular flexibility index (Phi) is 10.7. The molecular weight excluding hydrogens is 440 g/mol. The van der Waals surface area contributed by atoms with Gasteiger partial charge in [0.15, 0.2) is 29.4 Å². The van der Waals surface area contributed by atoms with Crippen LogP contribution in [0.1, 0.15) is 53.4 Å². The van der Waals surface area contributed by atoms with Crippen LogP contribution in [0.3, 0.4) is 0 Å². The zero-order valence-electron chi connectivity index (χ0n) is 16.2. The average Bonchev–Trinajstić information content (AvgIpc) is 2.63. The van der Waals surface area contributed by atoms with Crippen LogP contribution in [0.25, 0.3) is 0 Å². The van der Waals surface area contributed by atoms with Crippen molar-refractivity contribution < 1.29 is 45.9 Å². The van der Waals surface area contributed by atoms with Crippen LogP contribution in [0.5, 0.6) is 0 Å². The molecule has 0 radical (unpaired) electrons. The van der Waals surface area contributed by atoms with E-state index in [0.29, 0.717) is 6.42 Å². The summed E-state index contributed by atoms with van der Waals surface area (Å²) in [6.07, 6.45) is 1.17. The third-order valence-corrected chi connectivity index (χ3v) is 4.82. The normalized spacial score (nSPS) is 12.9. The van der Waals surface area contributed by atoms with Crippen molar-refractivity contribution in [2.24, 2.45) is 0 Å². The lowest BCUT2D eigenvalue weighted by atomic mass is 10.1. The van der Waals surface area contributed by atoms with Crippen LogP contribution in [0.4, 0.5) is 17.6 Å². The predicted octanol–water partition coefficient (Wildman–Crippen LogP) is 4.79. The Bertz CT molecular complexity index is 670. The fourth-order valence-corrected chi connectivity index (χ4v) is 3.18. The van der Waals surface area contributed by atoms with Crippen molar-refractivity contribution in [1.82, 2.24) is 0 Å². The van der Waals surface area contributed by atoms with Gasteiger partial charge in [0, 0.05) is 12.0 Å². The molecule has 166 valence electrons. The molecule has 1 aromatic rings. The van der Waals surface area contributed by atoms with Crippen LogP contribution in [0, 0.1) is 23.3 Å². The third kappa shape index (κ3) is 7.95. The van der Waals surface area contributed by atoms with E-state index < -0.39 is 50.7 Å². The van der Waals surface area contributed by atoms with Gasteiger partial charge in [-0.2, -0.15) is 4.33 Å². The number of esters is 1. The number of hydrogen-bond acceptors (Lipinski definition) is 8. The predicted molar refractivity (Wildman–Crippen MR) is 95.0 cm³/mol. The monoisotopic (exact) mass is 461 g/mol. The first-order chi connectivity index (χ1) is 13.5. The molecule has 1 aromatic carbocycles. The van der Waals surface area contributed by atoms with Gasteiger partial charge in [-0.05, 0) is 27.2 Å². The molecule has 6 nitrogen and oxygen atoms in total. The van der Waals surface area contributed by atoms with Gasteiger partial charge in [-0.15, -0.1) is 0 Å². The van der Waals surface area contributed by atoms with Crippen LogP contribution in [0.2, 0.25) is 0 Å². The number of hydrogen-bond donors (Lipinski definition) is 0. The highest BCUT2D eigenvalue weighted by Gasteiger charge is 2.31. The minimum absolute atomic E-state index is 0.0189. The van der Waals surface area contributed by atoms with Crippen molar-refractivity contribution >= 4 is 30.1 Å². The zero-order chi connectivity index (χ0) is 22.2. The van der Waals surface area contributed by atoms with Crippen LogP contribution in [-0.4, -0.2) is 17.7 Å². The number of unbranched alkanes of at least 4 members (excludes halogenated alkanes) is 2. The first kappa shape index (κ1) is 26.0. The maximum absolute atomic E-state index is 14.2. The summed E-state index contributed by atoms with van der Waals surface area (Å²) >= 11 is -0.348. The van der Waals surface area contributed by atoms with E-state index in [1.165, 1.54) is 0 Å². The smallest absolute Gasteiger partial charge is 0.337 e. The highest BCUT2D eigenvalue weighted by Crippen LogP contribution is 2.37. The molecule has 0 aromatic heterocycles. The third-order valence-electron chi connectivity index (χ3n) is 3.32. The minimum atomic E-state index is -1.81. The van der Waals surface area contributed by atoms with E-state index in [0.717, 1.165) is 12.8 Å². The Balaban J connectivity index is 3.04. The summed E-state index contributed by atoms with van der Waals surface area (Å²) in [5, 5.41) is 12.7. The molecule has 29 heavy (non-hydrogen) atoms. The fourth-order valence-electron chi connectivity index (χ4n) is 2.04. The molecule has 0 fully saturated rings. The summed E-state index contributed by atoms with van der Waals surface area (Å²) in [5.74, 6) is -7.94. The van der Waals surface area contributed by atoms with Crippen LogP contribution >= 0.6 is 24.1 Å². The second-order valence-electron chi connectivity index (χ2n) is 6.83. The molecule has 0 heterocycles. The number of rotatable bonds is 11. The van der Waals surface area contributed by atoms with Gasteiger partial charge in [0.2, 0.25) is 0 Å². The molecule has 0 aliphatic heterocycles. The second kappa shape index (κ2) is 12.0. The average molecular weight is 461 g/mol. The summed E-state index contributed by atoms with van der Waals surface area (Å²) in [5.41, 5.74) is -0.828. The van der Waals surface area contributed by atoms with Crippen molar-refractivity contribution in [2.45, 2.75) is 74.9 Å². The summed E-state index contributed by atoms with van der Waals surface area (Å²) in [4.78, 5) is 9.92. The van der Waals surface area contributed by atoms with E-state index in [-0.39, 0.29) is 30.5 Å². The maximum atomic E-state index is 14.2. The zero-order valence-corrected chi connectivity index (χ0v) is 17.8. The Morgan fingerprint density at radius 2 is 1.52 bits per heavy atom. The van der Waals surface area contributed by atoms with Gasteiger partial charge in [-0.3, -0.25) is 9.22 Å². The highest BCUT2D eigenvalue weighted by molar-refractivity contribution is 7.95. The molecule has 0 amide bonds. The summed E-state index contributed by atoms with van der Waals surface area (Å²) in [6.45, 7) is 6.84. The standard InChI is InChI=1S/C17H22F4O6S2/c1-5-6-7-8-9(16(22)24-17(2,3)4)25-28-14-10(18)12(20)15(29-27-26-23)13(21)11(14)19/h9,23H,5-8H2,1-4H3/p-1. The molecule has 0 spiro atoms. The topological polar surface area (TPSA) is 77.0 Å². The summed E-state index contributed by atoms with van der Waals surface area (Å²) in [7, 11) is 0. The Morgan fingerprint density at radius 3 is 1.97 bits per heavy atom. The maximum Gasteiger partial charge on any atom is 0.337 e. The number of halogens is 4. The molecule has 0 N–H and O–H groups in total. The quantitative estimate of drug-likeness (QED) is 0.0886. The first-order valence-electron chi connectivity index (χ1n) is 8.58. The fraction of sp³-hybridized carbons (Fsp3) is 0.588. The Morgan fingerprint density at radius 1 is 1.00 bits per heavy atom. The molecular formula is C17H21F4O6S2-. The molecule has 0 saturated heterocycles. The van der Waals surface area contributed by atoms with Gasteiger partial charge >= 0.3 is 5.97 Å². The van der Waals surface area contributed by atoms with Crippen molar-refractivity contribution in [3.8, 4) is 0 Å². The van der Waals surface area contributed by atoms with Gasteiger partial charge in [0.05, 0.1) is 12.0 Å². The van der Waals surface area contributed by atoms with Crippen molar-refractivity contribution in [1.29, 1.82) is 0 Å². The van der Waals surface area contributed by atoms with Crippen molar-refractivity contribution in [3.05, 3.63) is 23.3 Å². The molecule has 0 saturated carbocycles. The van der Waals surface area contributed by atoms with E-state index >= 15 is 0 Å².